The summed E-state index contributed by atoms with van der Waals surface area (Å²) in [6.07, 6.45) is -2.83. The summed E-state index contributed by atoms with van der Waals surface area (Å²) in [5.41, 5.74) is 5.76. The summed E-state index contributed by atoms with van der Waals surface area (Å²) in [5, 5.41) is 12.0. The highest BCUT2D eigenvalue weighted by atomic mass is 35.5. The molecule has 0 radical (unpaired) electrons. The number of ether oxygens (including phenoxy) is 1. The first-order valence-electron chi connectivity index (χ1n) is 15.5. The van der Waals surface area contributed by atoms with E-state index in [4.69, 9.17) is 33.7 Å². The van der Waals surface area contributed by atoms with Gasteiger partial charge in [-0.1, -0.05) is 59.1 Å². The molecule has 7 rings (SSSR count). The van der Waals surface area contributed by atoms with Crippen LogP contribution in [0.4, 0.5) is 23.8 Å². The van der Waals surface area contributed by atoms with E-state index in [2.05, 4.69) is 10.4 Å². The lowest BCUT2D eigenvalue weighted by Gasteiger charge is -2.50. The number of anilines is 1. The van der Waals surface area contributed by atoms with Crippen LogP contribution in [-0.2, 0) is 30.8 Å². The van der Waals surface area contributed by atoms with Crippen molar-refractivity contribution >= 4 is 58.7 Å². The van der Waals surface area contributed by atoms with Gasteiger partial charge >= 0.3 is 12.2 Å². The topological polar surface area (TPSA) is 172 Å². The summed E-state index contributed by atoms with van der Waals surface area (Å²) in [7, 11) is 1.32. The Morgan fingerprint density at radius 1 is 1.06 bits per heavy atom. The number of likely N-dealkylation sites (tertiary alicyclic amines) is 1. The predicted molar refractivity (Wildman–Crippen MR) is 173 cm³/mol. The molecule has 264 valence electrons. The SMILES string of the molecule is COc1cccc(C2C3=CCC4C(=O)N(C(N)=O)C(=O)C4C3CC3C(=O)N(Nc4ncc(C(F)(F)F)cc4Cl)C(=O)C32c2ccc(Cl)cc2)c1O. The standard InChI is InChI=1S/C34H26Cl2F3N5O7/c1-51-23-4-2-3-19(26(23)45)25-17-9-10-18-24(30(48)43(28(18)46)32(40)50)20(17)12-21-29(47)44(31(49)33(21,25)14-5-7-16(35)8-6-14)42-27-22(36)11-15(13-41-27)34(37,38)39/h2-9,11,13,18,20-21,24-25,45H,10,12H2,1H3,(H2,40,50)(H,41,42). The number of nitrogens with zero attached hydrogens (tertiary/aromatic N) is 3. The van der Waals surface area contributed by atoms with Crippen LogP contribution in [0.1, 0.15) is 35.4 Å². The fourth-order valence-corrected chi connectivity index (χ4v) is 8.62. The van der Waals surface area contributed by atoms with E-state index in [9.17, 15) is 37.5 Å². The molecule has 2 aliphatic carbocycles. The number of imide groups is 4. The number of nitrogens with two attached hydrogens (primary N) is 1. The number of hydrazine groups is 1. The van der Waals surface area contributed by atoms with Crippen molar-refractivity contribution in [1.82, 2.24) is 14.9 Å². The van der Waals surface area contributed by atoms with Gasteiger partial charge in [0.2, 0.25) is 11.8 Å². The molecule has 17 heteroatoms. The number of aromatic nitrogens is 1. The van der Waals surface area contributed by atoms with Gasteiger partial charge in [0.15, 0.2) is 17.3 Å². The minimum absolute atomic E-state index is 0.0252. The Bertz CT molecular complexity index is 2080. The van der Waals surface area contributed by atoms with E-state index in [1.165, 1.54) is 31.4 Å². The molecule has 2 aromatic carbocycles. The number of allylic oxidation sites excluding steroid dienone is 2. The average Bonchev–Trinajstić information content (AvgIpc) is 3.46. The Hall–Kier alpha value is -5.15. The number of para-hydroxylation sites is 1. The number of benzene rings is 2. The lowest BCUT2D eigenvalue weighted by Crippen LogP contribution is -2.53. The highest BCUT2D eigenvalue weighted by Crippen LogP contribution is 2.65. The molecule has 0 spiro atoms. The van der Waals surface area contributed by atoms with E-state index in [1.54, 1.807) is 24.3 Å². The zero-order valence-electron chi connectivity index (χ0n) is 26.3. The molecule has 6 atom stereocenters. The van der Waals surface area contributed by atoms with E-state index in [0.29, 0.717) is 32.8 Å². The first kappa shape index (κ1) is 34.3. The second kappa shape index (κ2) is 12.0. The van der Waals surface area contributed by atoms with Crippen molar-refractivity contribution in [1.29, 1.82) is 0 Å². The Balaban J connectivity index is 1.46. The minimum Gasteiger partial charge on any atom is -0.504 e. The third-order valence-corrected chi connectivity index (χ3v) is 10.9. The summed E-state index contributed by atoms with van der Waals surface area (Å²) < 4.78 is 45.6. The van der Waals surface area contributed by atoms with Crippen LogP contribution in [0, 0.1) is 23.7 Å². The largest absolute Gasteiger partial charge is 0.504 e. The van der Waals surface area contributed by atoms with Crippen molar-refractivity contribution in [3.8, 4) is 11.5 Å². The van der Waals surface area contributed by atoms with Crippen molar-refractivity contribution in [2.75, 3.05) is 12.5 Å². The highest BCUT2D eigenvalue weighted by Gasteiger charge is 2.71. The normalized spacial score (nSPS) is 27.2. The first-order valence-corrected chi connectivity index (χ1v) is 16.2. The number of alkyl halides is 3. The number of carbonyl (C=O) groups is 5. The number of urea groups is 1. The molecule has 6 unspecified atom stereocenters. The minimum atomic E-state index is -4.78. The number of nitrogens with one attached hydrogen (secondary N) is 1. The third-order valence-electron chi connectivity index (χ3n) is 10.3. The molecule has 2 aliphatic heterocycles. The number of pyridine rings is 1. The fraction of sp³-hybridized carbons (Fsp3) is 0.294. The third kappa shape index (κ3) is 4.96. The number of phenols is 1. The Morgan fingerprint density at radius 2 is 1.76 bits per heavy atom. The highest BCUT2D eigenvalue weighted by molar-refractivity contribution is 6.33. The second-order valence-corrected chi connectivity index (χ2v) is 13.5. The first-order chi connectivity index (χ1) is 24.1. The number of primary amides is 1. The Morgan fingerprint density at radius 3 is 2.39 bits per heavy atom. The number of amides is 6. The maximum absolute atomic E-state index is 15.1. The summed E-state index contributed by atoms with van der Waals surface area (Å²) in [6.45, 7) is 0. The van der Waals surface area contributed by atoms with Gasteiger partial charge in [0.25, 0.3) is 11.8 Å². The summed E-state index contributed by atoms with van der Waals surface area (Å²) in [5.74, 6) is -9.70. The van der Waals surface area contributed by atoms with Gasteiger partial charge in [-0.3, -0.25) is 24.6 Å². The molecular formula is C34H26Cl2F3N5O7. The molecule has 0 bridgehead atoms. The molecule has 4 aliphatic rings. The number of phenolic OH excluding ortho intramolecular Hbond substituents is 1. The molecule has 12 nitrogen and oxygen atoms in total. The molecule has 6 amide bonds. The van der Waals surface area contributed by atoms with Gasteiger partial charge in [-0.25, -0.2) is 9.78 Å². The molecular weight excluding hydrogens is 718 g/mol. The van der Waals surface area contributed by atoms with Crippen molar-refractivity contribution in [2.24, 2.45) is 29.4 Å². The van der Waals surface area contributed by atoms with Crippen LogP contribution in [0.25, 0.3) is 0 Å². The molecule has 1 aromatic heterocycles. The Kier molecular flexibility index (Phi) is 8.06. The molecule has 1 saturated carbocycles. The molecule has 3 fully saturated rings. The number of fused-ring (bicyclic) bond motifs is 4. The molecule has 4 N–H and O–H groups in total. The number of aromatic hydroxyl groups is 1. The van der Waals surface area contributed by atoms with Gasteiger partial charge in [0, 0.05) is 22.7 Å². The zero-order chi connectivity index (χ0) is 36.7. The van der Waals surface area contributed by atoms with E-state index < -0.39 is 87.2 Å². The van der Waals surface area contributed by atoms with Gasteiger partial charge in [-0.05, 0) is 48.6 Å². The van der Waals surface area contributed by atoms with Crippen LogP contribution in [-0.4, -0.2) is 56.8 Å². The van der Waals surface area contributed by atoms with Crippen molar-refractivity contribution in [3.63, 3.8) is 0 Å². The zero-order valence-corrected chi connectivity index (χ0v) is 27.8. The smallest absolute Gasteiger partial charge is 0.417 e. The number of hydrogen-bond acceptors (Lipinski definition) is 9. The van der Waals surface area contributed by atoms with Crippen LogP contribution in [0.5, 0.6) is 11.5 Å². The molecule has 3 aromatic rings. The molecule has 3 heterocycles. The monoisotopic (exact) mass is 743 g/mol. The van der Waals surface area contributed by atoms with Crippen LogP contribution < -0.4 is 15.9 Å². The summed E-state index contributed by atoms with van der Waals surface area (Å²) in [4.78, 5) is 73.1. The summed E-state index contributed by atoms with van der Waals surface area (Å²) in [6, 6.07) is 10.0. The van der Waals surface area contributed by atoms with E-state index in [1.807, 2.05) is 0 Å². The number of halogens is 5. The van der Waals surface area contributed by atoms with E-state index >= 15 is 4.79 Å². The van der Waals surface area contributed by atoms with Gasteiger partial charge in [-0.2, -0.15) is 23.1 Å². The van der Waals surface area contributed by atoms with E-state index in [0.717, 1.165) is 0 Å². The quantitative estimate of drug-likeness (QED) is 0.235. The van der Waals surface area contributed by atoms with Crippen LogP contribution in [0.15, 0.2) is 66.4 Å². The number of carbonyl (C=O) groups excluding carboxylic acids is 5. The van der Waals surface area contributed by atoms with Gasteiger partial charge in [-0.15, -0.1) is 0 Å². The second-order valence-electron chi connectivity index (χ2n) is 12.7. The Labute approximate surface area is 296 Å². The maximum Gasteiger partial charge on any atom is 0.417 e. The summed E-state index contributed by atoms with van der Waals surface area (Å²) >= 11 is 12.4. The predicted octanol–water partition coefficient (Wildman–Crippen LogP) is 5.19. The van der Waals surface area contributed by atoms with Crippen LogP contribution >= 0.6 is 23.2 Å². The van der Waals surface area contributed by atoms with Crippen molar-refractivity contribution < 1.29 is 47.0 Å². The maximum atomic E-state index is 15.1. The average molecular weight is 745 g/mol. The lowest BCUT2D eigenvalue weighted by atomic mass is 9.49. The van der Waals surface area contributed by atoms with E-state index in [-0.39, 0.29) is 35.5 Å². The molecule has 2 saturated heterocycles. The van der Waals surface area contributed by atoms with Gasteiger partial charge in [0.05, 0.1) is 40.9 Å². The van der Waals surface area contributed by atoms with Gasteiger partial charge in [0.1, 0.15) is 0 Å². The number of rotatable bonds is 5. The van der Waals surface area contributed by atoms with Crippen molar-refractivity contribution in [2.45, 2.75) is 30.4 Å². The number of methoxy groups -OCH3 is 1. The lowest BCUT2D eigenvalue weighted by molar-refractivity contribution is -0.140. The molecule has 51 heavy (non-hydrogen) atoms. The van der Waals surface area contributed by atoms with Crippen LogP contribution in [0.3, 0.4) is 0 Å². The van der Waals surface area contributed by atoms with Crippen LogP contribution in [0.2, 0.25) is 10.0 Å². The number of hydrogen-bond donors (Lipinski definition) is 3. The van der Waals surface area contributed by atoms with Crippen molar-refractivity contribution in [3.05, 3.63) is 93.1 Å². The fourth-order valence-electron chi connectivity index (χ4n) is 8.28. The van der Waals surface area contributed by atoms with Gasteiger partial charge < -0.3 is 15.6 Å².